The number of carbonyl (C=O) groups is 1. The lowest BCUT2D eigenvalue weighted by Crippen LogP contribution is -2.40. The van der Waals surface area contributed by atoms with E-state index >= 15 is 0 Å². The van der Waals surface area contributed by atoms with Gasteiger partial charge in [-0.3, -0.25) is 4.79 Å². The van der Waals surface area contributed by atoms with Crippen LogP contribution in [0.2, 0.25) is 0 Å². The summed E-state index contributed by atoms with van der Waals surface area (Å²) < 4.78 is 16.9. The first kappa shape index (κ1) is 22.1. The zero-order valence-electron chi connectivity index (χ0n) is 17.7. The highest BCUT2D eigenvalue weighted by atomic mass is 32.1. The number of anilines is 1. The summed E-state index contributed by atoms with van der Waals surface area (Å²) in [6.07, 6.45) is 0. The number of benzene rings is 2. The summed E-state index contributed by atoms with van der Waals surface area (Å²) in [5, 5.41) is 2.89. The van der Waals surface area contributed by atoms with Crippen LogP contribution in [0.3, 0.4) is 0 Å². The first-order valence-corrected chi connectivity index (χ1v) is 10.5. The maximum atomic E-state index is 12.4. The predicted octanol–water partition coefficient (Wildman–Crippen LogP) is 3.73. The summed E-state index contributed by atoms with van der Waals surface area (Å²) in [6.45, 7) is 9.17. The van der Waals surface area contributed by atoms with Crippen molar-refractivity contribution < 1.29 is 19.0 Å². The molecule has 0 saturated carbocycles. The molecule has 2 aromatic rings. The van der Waals surface area contributed by atoms with Gasteiger partial charge in [-0.2, -0.15) is 0 Å². The fraction of sp³-hybridized carbons (Fsp3) is 0.391. The lowest BCUT2D eigenvalue weighted by Gasteiger charge is -2.29. The molecule has 2 aromatic carbocycles. The van der Waals surface area contributed by atoms with Crippen LogP contribution in [0, 0.1) is 13.8 Å². The van der Waals surface area contributed by atoms with Gasteiger partial charge in [-0.1, -0.05) is 29.9 Å². The second-order valence-electron chi connectivity index (χ2n) is 7.15. The van der Waals surface area contributed by atoms with Crippen LogP contribution in [0.5, 0.6) is 11.5 Å². The number of aryl methyl sites for hydroxylation is 2. The Morgan fingerprint density at radius 3 is 2.57 bits per heavy atom. The highest BCUT2D eigenvalue weighted by Crippen LogP contribution is 2.29. The molecule has 0 spiro atoms. The minimum Gasteiger partial charge on any atom is -0.490 e. The predicted molar refractivity (Wildman–Crippen MR) is 122 cm³/mol. The van der Waals surface area contributed by atoms with Crippen LogP contribution in [-0.4, -0.2) is 55.3 Å². The van der Waals surface area contributed by atoms with Crippen LogP contribution in [0.15, 0.2) is 36.4 Å². The van der Waals surface area contributed by atoms with Crippen molar-refractivity contribution in [1.82, 2.24) is 4.90 Å². The fourth-order valence-electron chi connectivity index (χ4n) is 3.26. The number of rotatable bonds is 7. The summed E-state index contributed by atoms with van der Waals surface area (Å²) >= 11 is 5.64. The Hall–Kier alpha value is -2.64. The average molecular weight is 429 g/mol. The third-order valence-electron chi connectivity index (χ3n) is 4.80. The minimum absolute atomic E-state index is 0.110. The second-order valence-corrected chi connectivity index (χ2v) is 7.54. The van der Waals surface area contributed by atoms with Crippen molar-refractivity contribution in [3.63, 3.8) is 0 Å². The zero-order valence-corrected chi connectivity index (χ0v) is 18.5. The Bertz CT molecular complexity index is 910. The summed E-state index contributed by atoms with van der Waals surface area (Å²) in [5.41, 5.74) is 3.84. The minimum atomic E-state index is -0.225. The molecule has 0 bridgehead atoms. The SMILES string of the molecule is CCOc1cc(C(=S)N2CCOCC2)ccc1OCC(=O)Nc1ccc(C)cc1C. The Morgan fingerprint density at radius 1 is 1.10 bits per heavy atom. The molecule has 0 aromatic heterocycles. The van der Waals surface area contributed by atoms with Gasteiger partial charge < -0.3 is 24.4 Å². The molecular formula is C23H28N2O4S. The molecule has 30 heavy (non-hydrogen) atoms. The van der Waals surface area contributed by atoms with E-state index in [1.165, 1.54) is 0 Å². The molecular weight excluding hydrogens is 400 g/mol. The topological polar surface area (TPSA) is 60.0 Å². The number of thiocarbonyl (C=S) groups is 1. The molecule has 1 aliphatic heterocycles. The van der Waals surface area contributed by atoms with Gasteiger partial charge in [0, 0.05) is 24.3 Å². The van der Waals surface area contributed by atoms with Gasteiger partial charge >= 0.3 is 0 Å². The molecule has 0 aliphatic carbocycles. The number of carbonyl (C=O) groups excluding carboxylic acids is 1. The van der Waals surface area contributed by atoms with Crippen molar-refractivity contribution in [2.45, 2.75) is 20.8 Å². The number of ether oxygens (including phenoxy) is 3. The molecule has 1 N–H and O–H groups in total. The molecule has 1 saturated heterocycles. The van der Waals surface area contributed by atoms with E-state index in [1.54, 1.807) is 6.07 Å². The Kier molecular flexibility index (Phi) is 7.65. The van der Waals surface area contributed by atoms with Crippen LogP contribution in [0.25, 0.3) is 0 Å². The second kappa shape index (κ2) is 10.4. The van der Waals surface area contributed by atoms with E-state index in [0.29, 0.717) is 31.3 Å². The van der Waals surface area contributed by atoms with Crippen molar-refractivity contribution in [3.05, 3.63) is 53.1 Å². The van der Waals surface area contributed by atoms with Gasteiger partial charge in [-0.05, 0) is 50.6 Å². The molecule has 1 fully saturated rings. The zero-order chi connectivity index (χ0) is 21.5. The summed E-state index contributed by atoms with van der Waals surface area (Å²) in [5.74, 6) is 0.864. The molecule has 1 amide bonds. The number of nitrogens with zero attached hydrogens (tertiary/aromatic N) is 1. The molecule has 1 heterocycles. The van der Waals surface area contributed by atoms with E-state index in [9.17, 15) is 4.79 Å². The van der Waals surface area contributed by atoms with E-state index in [2.05, 4.69) is 10.2 Å². The summed E-state index contributed by atoms with van der Waals surface area (Å²) in [7, 11) is 0. The molecule has 3 rings (SSSR count). The van der Waals surface area contributed by atoms with Crippen LogP contribution >= 0.6 is 12.2 Å². The molecule has 160 valence electrons. The van der Waals surface area contributed by atoms with Crippen LogP contribution in [-0.2, 0) is 9.53 Å². The number of hydrogen-bond acceptors (Lipinski definition) is 5. The van der Waals surface area contributed by atoms with Crippen LogP contribution in [0.4, 0.5) is 5.69 Å². The van der Waals surface area contributed by atoms with Crippen LogP contribution in [0.1, 0.15) is 23.6 Å². The van der Waals surface area contributed by atoms with Crippen LogP contribution < -0.4 is 14.8 Å². The number of nitrogens with one attached hydrogen (secondary N) is 1. The van der Waals surface area contributed by atoms with Crippen molar-refractivity contribution in [2.75, 3.05) is 44.8 Å². The summed E-state index contributed by atoms with van der Waals surface area (Å²) in [4.78, 5) is 15.2. The Morgan fingerprint density at radius 2 is 1.87 bits per heavy atom. The average Bonchev–Trinajstić information content (AvgIpc) is 2.75. The normalized spacial score (nSPS) is 13.6. The van der Waals surface area contributed by atoms with E-state index in [0.717, 1.165) is 40.5 Å². The highest BCUT2D eigenvalue weighted by Gasteiger charge is 2.17. The quantitative estimate of drug-likeness (QED) is 0.678. The molecule has 6 nitrogen and oxygen atoms in total. The molecule has 7 heteroatoms. The van der Waals surface area contributed by atoms with Crippen molar-refractivity contribution in [2.24, 2.45) is 0 Å². The fourth-order valence-corrected chi connectivity index (χ4v) is 3.57. The van der Waals surface area contributed by atoms with Gasteiger partial charge in [0.15, 0.2) is 18.1 Å². The van der Waals surface area contributed by atoms with E-state index in [1.807, 2.05) is 51.1 Å². The number of amides is 1. The van der Waals surface area contributed by atoms with Gasteiger partial charge in [-0.25, -0.2) is 0 Å². The Labute approximate surface area is 183 Å². The molecule has 0 radical (unpaired) electrons. The largest absolute Gasteiger partial charge is 0.490 e. The van der Waals surface area contributed by atoms with E-state index in [-0.39, 0.29) is 12.5 Å². The summed E-state index contributed by atoms with van der Waals surface area (Å²) in [6, 6.07) is 11.5. The van der Waals surface area contributed by atoms with Crippen molar-refractivity contribution >= 4 is 28.8 Å². The maximum absolute atomic E-state index is 12.4. The van der Waals surface area contributed by atoms with Gasteiger partial charge in [0.05, 0.1) is 19.8 Å². The third-order valence-corrected chi connectivity index (χ3v) is 5.30. The van der Waals surface area contributed by atoms with Gasteiger partial charge in [-0.15, -0.1) is 0 Å². The third kappa shape index (κ3) is 5.70. The number of morpholine rings is 1. The highest BCUT2D eigenvalue weighted by molar-refractivity contribution is 7.80. The molecule has 0 unspecified atom stereocenters. The van der Waals surface area contributed by atoms with E-state index < -0.39 is 0 Å². The van der Waals surface area contributed by atoms with Gasteiger partial charge in [0.2, 0.25) is 0 Å². The van der Waals surface area contributed by atoms with Gasteiger partial charge in [0.1, 0.15) is 4.99 Å². The standard InChI is InChI=1S/C23H28N2O4S/c1-4-28-21-14-18(23(30)25-9-11-27-12-10-25)6-8-20(21)29-15-22(26)24-19-7-5-16(2)13-17(19)3/h5-8,13-14H,4,9-12,15H2,1-3H3,(H,24,26). The van der Waals surface area contributed by atoms with Gasteiger partial charge in [0.25, 0.3) is 5.91 Å². The first-order chi connectivity index (χ1) is 14.5. The number of hydrogen-bond donors (Lipinski definition) is 1. The smallest absolute Gasteiger partial charge is 0.262 e. The first-order valence-electron chi connectivity index (χ1n) is 10.1. The maximum Gasteiger partial charge on any atom is 0.262 e. The van der Waals surface area contributed by atoms with Crippen molar-refractivity contribution in [3.8, 4) is 11.5 Å². The van der Waals surface area contributed by atoms with E-state index in [4.69, 9.17) is 26.4 Å². The molecule has 1 aliphatic rings. The lowest BCUT2D eigenvalue weighted by atomic mass is 10.1. The monoisotopic (exact) mass is 428 g/mol. The van der Waals surface area contributed by atoms with Crippen molar-refractivity contribution in [1.29, 1.82) is 0 Å². The Balaban J connectivity index is 1.65. The molecule has 0 atom stereocenters. The lowest BCUT2D eigenvalue weighted by molar-refractivity contribution is -0.118.